The number of aliphatic imine (C=N–C) groups is 1. The Morgan fingerprint density at radius 3 is 2.34 bits per heavy atom. The van der Waals surface area contributed by atoms with Crippen LogP contribution in [0.2, 0.25) is 0 Å². The van der Waals surface area contributed by atoms with Crippen LogP contribution in [0.1, 0.15) is 18.1 Å². The lowest BCUT2D eigenvalue weighted by Crippen LogP contribution is -2.25. The third kappa shape index (κ3) is 3.27. The highest BCUT2D eigenvalue weighted by Crippen LogP contribution is 2.30. The molecule has 0 amide bonds. The van der Waals surface area contributed by atoms with Gasteiger partial charge in [0.15, 0.2) is 0 Å². The Labute approximate surface area is 167 Å². The summed E-state index contributed by atoms with van der Waals surface area (Å²) in [6, 6.07) is 21.4. The molecule has 0 radical (unpaired) electrons. The maximum atomic E-state index is 13.5. The Morgan fingerprint density at radius 1 is 0.931 bits per heavy atom. The van der Waals surface area contributed by atoms with Crippen LogP contribution in [0, 0.1) is 6.92 Å². The number of pyridine rings is 1. The minimum atomic E-state index is -0.343. The summed E-state index contributed by atoms with van der Waals surface area (Å²) in [7, 11) is 0. The van der Waals surface area contributed by atoms with Crippen LogP contribution in [0.25, 0.3) is 16.6 Å². The van der Waals surface area contributed by atoms with Crippen LogP contribution < -0.4 is 5.56 Å². The van der Waals surface area contributed by atoms with Gasteiger partial charge in [0.2, 0.25) is 0 Å². The molecular formula is C24H20N2O3. The molecule has 0 aliphatic rings. The van der Waals surface area contributed by atoms with Gasteiger partial charge in [0.05, 0.1) is 16.9 Å². The molecule has 0 aliphatic carbocycles. The van der Waals surface area contributed by atoms with E-state index in [0.717, 1.165) is 5.56 Å². The first-order valence-corrected chi connectivity index (χ1v) is 9.25. The van der Waals surface area contributed by atoms with E-state index >= 15 is 0 Å². The van der Waals surface area contributed by atoms with Gasteiger partial charge in [0, 0.05) is 11.1 Å². The number of phenolic OH excluding ortho intramolecular Hbond substituents is 1. The van der Waals surface area contributed by atoms with Gasteiger partial charge in [0.1, 0.15) is 17.1 Å². The van der Waals surface area contributed by atoms with E-state index in [1.54, 1.807) is 35.8 Å². The number of aryl methyl sites for hydroxylation is 1. The Hall–Kier alpha value is -3.86. The van der Waals surface area contributed by atoms with E-state index in [0.29, 0.717) is 28.0 Å². The van der Waals surface area contributed by atoms with E-state index in [4.69, 9.17) is 0 Å². The molecule has 5 heteroatoms. The molecule has 1 heterocycles. The molecule has 4 rings (SSSR count). The number of fused-ring (bicyclic) bond motifs is 1. The largest absolute Gasteiger partial charge is 0.508 e. The third-order valence-electron chi connectivity index (χ3n) is 4.90. The van der Waals surface area contributed by atoms with Gasteiger partial charge in [-0.05, 0) is 61.9 Å². The number of hydrogen-bond acceptors (Lipinski definition) is 4. The average molecular weight is 384 g/mol. The molecule has 3 aromatic carbocycles. The molecule has 0 saturated carbocycles. The number of aromatic nitrogens is 1. The first kappa shape index (κ1) is 18.5. The van der Waals surface area contributed by atoms with E-state index in [1.165, 1.54) is 0 Å². The van der Waals surface area contributed by atoms with E-state index in [2.05, 4.69) is 4.99 Å². The zero-order valence-corrected chi connectivity index (χ0v) is 16.1. The third-order valence-corrected chi connectivity index (χ3v) is 4.90. The van der Waals surface area contributed by atoms with Gasteiger partial charge >= 0.3 is 0 Å². The van der Waals surface area contributed by atoms with Crippen molar-refractivity contribution in [2.24, 2.45) is 4.99 Å². The smallest absolute Gasteiger partial charge is 0.268 e. The summed E-state index contributed by atoms with van der Waals surface area (Å²) in [4.78, 5) is 18.0. The van der Waals surface area contributed by atoms with Gasteiger partial charge in [0.25, 0.3) is 5.56 Å². The summed E-state index contributed by atoms with van der Waals surface area (Å²) in [5.74, 6) is 0.0644. The molecule has 0 saturated heterocycles. The number of para-hydroxylation sites is 2. The summed E-state index contributed by atoms with van der Waals surface area (Å²) in [6.45, 7) is 3.53. The number of nitrogens with zero attached hydrogens (tertiary/aromatic N) is 2. The predicted octanol–water partition coefficient (Wildman–Crippen LogP) is 4.85. The normalized spacial score (nSPS) is 11.7. The fraction of sp³-hybridized carbons (Fsp3) is 0.0833. The van der Waals surface area contributed by atoms with Crippen molar-refractivity contribution in [1.82, 2.24) is 4.57 Å². The Kier molecular flexibility index (Phi) is 4.64. The second-order valence-electron chi connectivity index (χ2n) is 6.88. The fourth-order valence-electron chi connectivity index (χ4n) is 3.49. The fourth-order valence-corrected chi connectivity index (χ4v) is 3.49. The molecule has 2 N–H and O–H groups in total. The van der Waals surface area contributed by atoms with Crippen molar-refractivity contribution in [2.75, 3.05) is 0 Å². The van der Waals surface area contributed by atoms with Crippen molar-refractivity contribution in [3.8, 4) is 17.2 Å². The number of phenols is 1. The average Bonchev–Trinajstić information content (AvgIpc) is 2.71. The Morgan fingerprint density at radius 2 is 1.62 bits per heavy atom. The zero-order chi connectivity index (χ0) is 20.5. The standard InChI is InChI=1S/C24H20N2O3/c1-15-14-18(27)12-13-20(15)25-16(2)22-23(28)19-10-6-7-11-21(19)26(24(22)29)17-8-4-3-5-9-17/h3-14,27-28H,1-2H3. The summed E-state index contributed by atoms with van der Waals surface area (Å²) in [6.07, 6.45) is 0. The highest BCUT2D eigenvalue weighted by atomic mass is 16.3. The van der Waals surface area contributed by atoms with Gasteiger partial charge in [-0.3, -0.25) is 14.4 Å². The van der Waals surface area contributed by atoms with Gasteiger partial charge in [-0.1, -0.05) is 30.3 Å². The van der Waals surface area contributed by atoms with Crippen molar-refractivity contribution in [2.45, 2.75) is 13.8 Å². The molecule has 29 heavy (non-hydrogen) atoms. The predicted molar refractivity (Wildman–Crippen MR) is 116 cm³/mol. The zero-order valence-electron chi connectivity index (χ0n) is 16.1. The summed E-state index contributed by atoms with van der Waals surface area (Å²) in [5, 5.41) is 21.1. The molecule has 1 aromatic heterocycles. The van der Waals surface area contributed by atoms with Crippen LogP contribution in [0.15, 0.2) is 82.6 Å². The highest BCUT2D eigenvalue weighted by Gasteiger charge is 2.19. The Bertz CT molecular complexity index is 1310. The second kappa shape index (κ2) is 7.28. The number of hydrogen-bond donors (Lipinski definition) is 2. The Balaban J connectivity index is 2.03. The molecule has 0 spiro atoms. The SMILES string of the molecule is CC(=Nc1ccc(O)cc1C)c1c(O)c2ccccc2n(-c2ccccc2)c1=O. The van der Waals surface area contributed by atoms with Gasteiger partial charge in [-0.2, -0.15) is 0 Å². The van der Waals surface area contributed by atoms with Crippen LogP contribution in [-0.2, 0) is 0 Å². The summed E-state index contributed by atoms with van der Waals surface area (Å²) < 4.78 is 1.59. The molecule has 0 fully saturated rings. The molecule has 4 aromatic rings. The molecule has 0 aliphatic heterocycles. The van der Waals surface area contributed by atoms with Crippen LogP contribution in [0.5, 0.6) is 11.5 Å². The lowest BCUT2D eigenvalue weighted by molar-refractivity contribution is 0.475. The maximum Gasteiger partial charge on any atom is 0.268 e. The van der Waals surface area contributed by atoms with Crippen molar-refractivity contribution in [1.29, 1.82) is 0 Å². The lowest BCUT2D eigenvalue weighted by Gasteiger charge is -2.15. The minimum absolute atomic E-state index is 0.0875. The van der Waals surface area contributed by atoms with Crippen LogP contribution in [-0.4, -0.2) is 20.5 Å². The molecule has 5 nitrogen and oxygen atoms in total. The van der Waals surface area contributed by atoms with Crippen molar-refractivity contribution < 1.29 is 10.2 Å². The number of rotatable bonds is 3. The highest BCUT2D eigenvalue weighted by molar-refractivity contribution is 6.06. The van der Waals surface area contributed by atoms with Crippen molar-refractivity contribution in [3.05, 3.63) is 94.3 Å². The van der Waals surface area contributed by atoms with E-state index in [9.17, 15) is 15.0 Å². The van der Waals surface area contributed by atoms with Gasteiger partial charge < -0.3 is 10.2 Å². The minimum Gasteiger partial charge on any atom is -0.508 e. The van der Waals surface area contributed by atoms with Gasteiger partial charge in [-0.25, -0.2) is 0 Å². The monoisotopic (exact) mass is 384 g/mol. The van der Waals surface area contributed by atoms with E-state index < -0.39 is 0 Å². The first-order chi connectivity index (χ1) is 14.0. The quantitative estimate of drug-likeness (QED) is 0.496. The van der Waals surface area contributed by atoms with Crippen molar-refractivity contribution >= 4 is 22.3 Å². The number of aromatic hydroxyl groups is 2. The van der Waals surface area contributed by atoms with Crippen LogP contribution >= 0.6 is 0 Å². The van der Waals surface area contributed by atoms with E-state index in [-0.39, 0.29) is 22.6 Å². The van der Waals surface area contributed by atoms with Gasteiger partial charge in [-0.15, -0.1) is 0 Å². The number of benzene rings is 3. The lowest BCUT2D eigenvalue weighted by atomic mass is 10.1. The molecule has 0 atom stereocenters. The molecule has 0 unspecified atom stereocenters. The van der Waals surface area contributed by atoms with Crippen LogP contribution in [0.3, 0.4) is 0 Å². The summed E-state index contributed by atoms with van der Waals surface area (Å²) >= 11 is 0. The van der Waals surface area contributed by atoms with Crippen molar-refractivity contribution in [3.63, 3.8) is 0 Å². The topological polar surface area (TPSA) is 74.8 Å². The van der Waals surface area contributed by atoms with Crippen LogP contribution in [0.4, 0.5) is 5.69 Å². The molecule has 0 bridgehead atoms. The first-order valence-electron chi connectivity index (χ1n) is 9.25. The summed E-state index contributed by atoms with van der Waals surface area (Å²) in [5.41, 5.74) is 2.94. The van der Waals surface area contributed by atoms with E-state index in [1.807, 2.05) is 55.5 Å². The molecular weight excluding hydrogens is 364 g/mol. The maximum absolute atomic E-state index is 13.5. The second-order valence-corrected chi connectivity index (χ2v) is 6.88. The molecule has 144 valence electrons.